The molecule has 2 amide bonds. The number of amides is 2. The predicted molar refractivity (Wildman–Crippen MR) is 153 cm³/mol. The second kappa shape index (κ2) is 11.0. The molecule has 11 nitrogen and oxygen atoms in total. The van der Waals surface area contributed by atoms with Gasteiger partial charge < -0.3 is 19.9 Å². The molecule has 5 heterocycles. The van der Waals surface area contributed by atoms with Crippen molar-refractivity contribution in [3.63, 3.8) is 0 Å². The lowest BCUT2D eigenvalue weighted by Crippen LogP contribution is -2.48. The van der Waals surface area contributed by atoms with Crippen LogP contribution in [0.3, 0.4) is 0 Å². The number of nitrogens with one attached hydrogen (secondary N) is 1. The van der Waals surface area contributed by atoms with Gasteiger partial charge in [0.1, 0.15) is 17.1 Å². The molecule has 1 aliphatic heterocycles. The molecule has 1 aromatic carbocycles. The zero-order valence-corrected chi connectivity index (χ0v) is 23.4. The highest BCUT2D eigenvalue weighted by Crippen LogP contribution is 2.36. The summed E-state index contributed by atoms with van der Waals surface area (Å²) in [6.07, 6.45) is 5.75. The molecule has 6 rings (SSSR count). The Labute approximate surface area is 244 Å². The highest BCUT2D eigenvalue weighted by Gasteiger charge is 2.33. The number of aliphatic hydroxyl groups is 1. The first kappa shape index (κ1) is 28.1. The third kappa shape index (κ3) is 5.71. The zero-order valence-electron chi connectivity index (χ0n) is 23.4. The van der Waals surface area contributed by atoms with E-state index >= 15 is 0 Å². The summed E-state index contributed by atoms with van der Waals surface area (Å²) in [5.41, 5.74) is 1.69. The molecular formula is C30H28F2N8O3. The molecule has 1 fully saturated rings. The van der Waals surface area contributed by atoms with Gasteiger partial charge in [-0.1, -0.05) is 0 Å². The molecule has 2 N–H and O–H groups in total. The number of imidazole rings is 2. The summed E-state index contributed by atoms with van der Waals surface area (Å²) in [5, 5.41) is 17.6. The summed E-state index contributed by atoms with van der Waals surface area (Å²) in [4.78, 5) is 39.5. The summed E-state index contributed by atoms with van der Waals surface area (Å²) in [7, 11) is 0. The van der Waals surface area contributed by atoms with Gasteiger partial charge in [0.05, 0.1) is 23.9 Å². The molecule has 43 heavy (non-hydrogen) atoms. The smallest absolute Gasteiger partial charge is 0.257 e. The van der Waals surface area contributed by atoms with E-state index in [1.165, 1.54) is 42.8 Å². The SMILES string of the molecule is CC(C)(O)C(=O)N1CCC(n2cnc(-c3ccc(F)cc3)c2-c2ccc3nc(NC(=O)c4ccnc(F)c4)cn3n2)CC1. The van der Waals surface area contributed by atoms with E-state index in [2.05, 4.69) is 20.3 Å². The van der Waals surface area contributed by atoms with Crippen LogP contribution in [0.15, 0.2) is 67.3 Å². The molecular weight excluding hydrogens is 558 g/mol. The summed E-state index contributed by atoms with van der Waals surface area (Å²) in [6, 6.07) is 12.0. The van der Waals surface area contributed by atoms with Gasteiger partial charge in [-0.2, -0.15) is 9.49 Å². The van der Waals surface area contributed by atoms with E-state index in [4.69, 9.17) is 5.10 Å². The Hall–Kier alpha value is -5.04. The van der Waals surface area contributed by atoms with Crippen molar-refractivity contribution in [2.75, 3.05) is 18.4 Å². The molecule has 0 saturated carbocycles. The van der Waals surface area contributed by atoms with Crippen molar-refractivity contribution < 1.29 is 23.5 Å². The average molecular weight is 587 g/mol. The summed E-state index contributed by atoms with van der Waals surface area (Å²) >= 11 is 0. The Morgan fingerprint density at radius 2 is 1.77 bits per heavy atom. The first-order chi connectivity index (χ1) is 20.6. The Morgan fingerprint density at radius 1 is 1.02 bits per heavy atom. The van der Waals surface area contributed by atoms with Crippen LogP contribution in [0, 0.1) is 11.8 Å². The van der Waals surface area contributed by atoms with E-state index in [9.17, 15) is 23.5 Å². The Morgan fingerprint density at radius 3 is 2.47 bits per heavy atom. The number of aromatic nitrogens is 6. The largest absolute Gasteiger partial charge is 0.381 e. The molecule has 0 spiro atoms. The predicted octanol–water partition coefficient (Wildman–Crippen LogP) is 4.12. The molecule has 0 unspecified atom stereocenters. The maximum absolute atomic E-state index is 13.8. The van der Waals surface area contributed by atoms with E-state index in [-0.39, 0.29) is 29.1 Å². The van der Waals surface area contributed by atoms with E-state index < -0.39 is 17.5 Å². The van der Waals surface area contributed by atoms with Crippen molar-refractivity contribution in [1.82, 2.24) is 34.0 Å². The molecule has 4 aromatic heterocycles. The normalized spacial score (nSPS) is 14.3. The highest BCUT2D eigenvalue weighted by molar-refractivity contribution is 6.03. The van der Waals surface area contributed by atoms with Gasteiger partial charge in [0.15, 0.2) is 11.5 Å². The van der Waals surface area contributed by atoms with E-state index in [0.717, 1.165) is 6.07 Å². The second-order valence-corrected chi connectivity index (χ2v) is 10.9. The van der Waals surface area contributed by atoms with Crippen molar-refractivity contribution in [2.24, 2.45) is 0 Å². The fourth-order valence-corrected chi connectivity index (χ4v) is 5.25. The number of likely N-dealkylation sites (tertiary alicyclic amines) is 1. The topological polar surface area (TPSA) is 131 Å². The number of carbonyl (C=O) groups excluding carboxylic acids is 2. The highest BCUT2D eigenvalue weighted by atomic mass is 19.1. The molecule has 1 saturated heterocycles. The van der Waals surface area contributed by atoms with E-state index in [1.54, 1.807) is 41.7 Å². The molecule has 220 valence electrons. The van der Waals surface area contributed by atoms with Crippen LogP contribution < -0.4 is 5.32 Å². The van der Waals surface area contributed by atoms with E-state index in [1.807, 2.05) is 4.57 Å². The van der Waals surface area contributed by atoms with Crippen LogP contribution in [0.5, 0.6) is 0 Å². The van der Waals surface area contributed by atoms with Crippen molar-refractivity contribution in [2.45, 2.75) is 38.3 Å². The van der Waals surface area contributed by atoms with Crippen LogP contribution in [0.25, 0.3) is 28.3 Å². The number of rotatable bonds is 6. The lowest BCUT2D eigenvalue weighted by molar-refractivity contribution is -0.149. The minimum Gasteiger partial charge on any atom is -0.381 e. The number of piperidine rings is 1. The monoisotopic (exact) mass is 586 g/mol. The van der Waals surface area contributed by atoms with Gasteiger partial charge in [-0.05, 0) is 69.2 Å². The van der Waals surface area contributed by atoms with Crippen LogP contribution in [0.2, 0.25) is 0 Å². The summed E-state index contributed by atoms with van der Waals surface area (Å²) < 4.78 is 30.8. The number of fused-ring (bicyclic) bond motifs is 1. The maximum Gasteiger partial charge on any atom is 0.257 e. The van der Waals surface area contributed by atoms with Crippen molar-refractivity contribution in [3.8, 4) is 22.6 Å². The third-order valence-corrected chi connectivity index (χ3v) is 7.37. The van der Waals surface area contributed by atoms with Crippen LogP contribution in [-0.4, -0.2) is 69.6 Å². The van der Waals surface area contributed by atoms with Gasteiger partial charge in [0.25, 0.3) is 11.8 Å². The van der Waals surface area contributed by atoms with Crippen LogP contribution in [-0.2, 0) is 4.79 Å². The van der Waals surface area contributed by atoms with Crippen molar-refractivity contribution in [1.29, 1.82) is 0 Å². The number of anilines is 1. The second-order valence-electron chi connectivity index (χ2n) is 10.9. The van der Waals surface area contributed by atoms with Crippen molar-refractivity contribution >= 4 is 23.3 Å². The zero-order chi connectivity index (χ0) is 30.3. The minimum absolute atomic E-state index is 0.0153. The number of pyridine rings is 1. The van der Waals surface area contributed by atoms with Gasteiger partial charge in [0, 0.05) is 42.5 Å². The minimum atomic E-state index is -1.44. The quantitative estimate of drug-likeness (QED) is 0.286. The number of carbonyl (C=O) groups is 2. The molecule has 0 atom stereocenters. The standard InChI is InChI=1S/C30H28F2N8O3/c1-30(2,43)29(42)38-13-10-21(11-14-38)39-17-34-26(18-3-5-20(31)6-4-18)27(39)22-7-8-25-35-24(16-40(25)37-22)36-28(41)19-9-12-33-23(32)15-19/h3-9,12,15-17,21,43H,10-11,13-14H2,1-2H3,(H,36,41). The molecule has 0 bridgehead atoms. The van der Waals surface area contributed by atoms with E-state index in [0.29, 0.717) is 54.2 Å². The maximum atomic E-state index is 13.8. The van der Waals surface area contributed by atoms with Crippen molar-refractivity contribution in [3.05, 3.63) is 84.6 Å². The lowest BCUT2D eigenvalue weighted by atomic mass is 10.0. The Kier molecular flexibility index (Phi) is 7.18. The first-order valence-electron chi connectivity index (χ1n) is 13.7. The fraction of sp³-hybridized carbons (Fsp3) is 0.267. The number of nitrogens with zero attached hydrogens (tertiary/aromatic N) is 7. The molecule has 0 aliphatic carbocycles. The van der Waals surface area contributed by atoms with Gasteiger partial charge in [-0.25, -0.2) is 23.9 Å². The first-order valence-corrected chi connectivity index (χ1v) is 13.7. The molecule has 5 aromatic rings. The van der Waals surface area contributed by atoms with Gasteiger partial charge >= 0.3 is 0 Å². The number of hydrogen-bond acceptors (Lipinski definition) is 7. The molecule has 0 radical (unpaired) electrons. The van der Waals surface area contributed by atoms with Crippen LogP contribution >= 0.6 is 0 Å². The fourth-order valence-electron chi connectivity index (χ4n) is 5.25. The third-order valence-electron chi connectivity index (χ3n) is 7.37. The number of benzene rings is 1. The van der Waals surface area contributed by atoms with Gasteiger partial charge in [0.2, 0.25) is 5.95 Å². The summed E-state index contributed by atoms with van der Waals surface area (Å²) in [6.45, 7) is 3.90. The number of hydrogen-bond donors (Lipinski definition) is 2. The summed E-state index contributed by atoms with van der Waals surface area (Å²) in [5.74, 6) is -1.76. The molecule has 13 heteroatoms. The average Bonchev–Trinajstić information content (AvgIpc) is 3.60. The number of halogens is 2. The molecule has 1 aliphatic rings. The Balaban J connectivity index is 1.33. The van der Waals surface area contributed by atoms with Gasteiger partial charge in [-0.15, -0.1) is 0 Å². The Bertz CT molecular complexity index is 1820. The lowest BCUT2D eigenvalue weighted by Gasteiger charge is -2.36. The van der Waals surface area contributed by atoms with Crippen LogP contribution in [0.4, 0.5) is 14.6 Å². The van der Waals surface area contributed by atoms with Gasteiger partial charge in [-0.3, -0.25) is 9.59 Å². The van der Waals surface area contributed by atoms with Crippen LogP contribution in [0.1, 0.15) is 43.1 Å².